The SMILES string of the molecule is CC(=O)CCc1ccc(OCC(O)C(F)(F)F)cc1. The fourth-order valence-corrected chi connectivity index (χ4v) is 1.34. The largest absolute Gasteiger partial charge is 0.491 e. The van der Waals surface area contributed by atoms with Crippen molar-refractivity contribution >= 4 is 5.78 Å². The number of rotatable bonds is 6. The minimum absolute atomic E-state index is 0.0774. The van der Waals surface area contributed by atoms with Crippen molar-refractivity contribution in [1.29, 1.82) is 0 Å². The molecule has 0 aliphatic rings. The van der Waals surface area contributed by atoms with Crippen LogP contribution in [-0.4, -0.2) is 29.8 Å². The molecule has 1 aromatic carbocycles. The van der Waals surface area contributed by atoms with Gasteiger partial charge in [-0.25, -0.2) is 0 Å². The molecule has 1 N–H and O–H groups in total. The van der Waals surface area contributed by atoms with Crippen molar-refractivity contribution in [3.05, 3.63) is 29.8 Å². The van der Waals surface area contributed by atoms with E-state index >= 15 is 0 Å². The molecule has 3 nitrogen and oxygen atoms in total. The molecule has 1 rings (SSSR count). The van der Waals surface area contributed by atoms with Crippen LogP contribution in [0.25, 0.3) is 0 Å². The molecule has 106 valence electrons. The molecule has 1 atom stereocenters. The van der Waals surface area contributed by atoms with Crippen LogP contribution in [0.15, 0.2) is 24.3 Å². The molecule has 1 unspecified atom stereocenters. The molecule has 1 aromatic rings. The first kappa shape index (κ1) is 15.5. The zero-order chi connectivity index (χ0) is 14.5. The zero-order valence-electron chi connectivity index (χ0n) is 10.4. The van der Waals surface area contributed by atoms with Gasteiger partial charge in [0, 0.05) is 6.42 Å². The normalized spacial score (nSPS) is 13.1. The van der Waals surface area contributed by atoms with Gasteiger partial charge < -0.3 is 14.6 Å². The second kappa shape index (κ2) is 6.56. The third kappa shape index (κ3) is 5.74. The summed E-state index contributed by atoms with van der Waals surface area (Å²) in [5.41, 5.74) is 0.902. The Morgan fingerprint density at radius 1 is 1.32 bits per heavy atom. The lowest BCUT2D eigenvalue weighted by Crippen LogP contribution is -2.34. The number of halogens is 3. The topological polar surface area (TPSA) is 46.5 Å². The summed E-state index contributed by atoms with van der Waals surface area (Å²) in [5, 5.41) is 8.76. The van der Waals surface area contributed by atoms with Gasteiger partial charge in [-0.05, 0) is 31.0 Å². The standard InChI is InChI=1S/C13H15F3O3/c1-9(17)2-3-10-4-6-11(7-5-10)19-8-12(18)13(14,15)16/h4-7,12,18H,2-3,8H2,1H3. The maximum Gasteiger partial charge on any atom is 0.417 e. The van der Waals surface area contributed by atoms with Crippen LogP contribution in [0.4, 0.5) is 13.2 Å². The van der Waals surface area contributed by atoms with Gasteiger partial charge in [0.25, 0.3) is 0 Å². The van der Waals surface area contributed by atoms with E-state index in [2.05, 4.69) is 0 Å². The highest BCUT2D eigenvalue weighted by Gasteiger charge is 2.38. The molecule has 0 aromatic heterocycles. The highest BCUT2D eigenvalue weighted by atomic mass is 19.4. The Bertz CT molecular complexity index is 412. The lowest BCUT2D eigenvalue weighted by molar-refractivity contribution is -0.210. The summed E-state index contributed by atoms with van der Waals surface area (Å²) in [5.74, 6) is 0.323. The summed E-state index contributed by atoms with van der Waals surface area (Å²) < 4.78 is 40.9. The van der Waals surface area contributed by atoms with E-state index in [1.807, 2.05) is 0 Å². The summed E-state index contributed by atoms with van der Waals surface area (Å²) in [6.07, 6.45) is -6.17. The highest BCUT2D eigenvalue weighted by Crippen LogP contribution is 2.21. The molecule has 0 aliphatic carbocycles. The summed E-state index contributed by atoms with van der Waals surface area (Å²) in [7, 11) is 0. The van der Waals surface area contributed by atoms with Crippen molar-refractivity contribution in [2.45, 2.75) is 32.0 Å². The first-order valence-corrected chi connectivity index (χ1v) is 5.75. The Morgan fingerprint density at radius 3 is 2.37 bits per heavy atom. The molecular weight excluding hydrogens is 261 g/mol. The molecule has 0 spiro atoms. The van der Waals surface area contributed by atoms with Gasteiger partial charge in [0.15, 0.2) is 6.10 Å². The second-order valence-corrected chi connectivity index (χ2v) is 4.21. The van der Waals surface area contributed by atoms with Gasteiger partial charge in [-0.3, -0.25) is 0 Å². The Balaban J connectivity index is 2.46. The molecule has 0 amide bonds. The number of carbonyl (C=O) groups excluding carboxylic acids is 1. The molecule has 6 heteroatoms. The third-order valence-corrected chi connectivity index (χ3v) is 2.47. The molecule has 0 bridgehead atoms. The number of ketones is 1. The van der Waals surface area contributed by atoms with Crippen molar-refractivity contribution in [2.75, 3.05) is 6.61 Å². The average Bonchev–Trinajstić information content (AvgIpc) is 2.33. The minimum Gasteiger partial charge on any atom is -0.491 e. The predicted octanol–water partition coefficient (Wildman–Crippen LogP) is 2.51. The Morgan fingerprint density at radius 2 is 1.89 bits per heavy atom. The number of aryl methyl sites for hydroxylation is 1. The van der Waals surface area contributed by atoms with E-state index in [0.717, 1.165) is 5.56 Å². The quantitative estimate of drug-likeness (QED) is 0.868. The van der Waals surface area contributed by atoms with Crippen LogP contribution in [-0.2, 0) is 11.2 Å². The van der Waals surface area contributed by atoms with Crippen LogP contribution in [0.5, 0.6) is 5.75 Å². The smallest absolute Gasteiger partial charge is 0.417 e. The highest BCUT2D eigenvalue weighted by molar-refractivity contribution is 5.75. The van der Waals surface area contributed by atoms with Crippen LogP contribution < -0.4 is 4.74 Å². The van der Waals surface area contributed by atoms with Crippen LogP contribution in [0.1, 0.15) is 18.9 Å². The Labute approximate surface area is 109 Å². The molecule has 0 radical (unpaired) electrons. The van der Waals surface area contributed by atoms with Crippen molar-refractivity contribution in [3.8, 4) is 5.75 Å². The summed E-state index contributed by atoms with van der Waals surface area (Å²) in [6.45, 7) is 0.659. The number of aliphatic hydroxyl groups is 1. The van der Waals surface area contributed by atoms with Gasteiger partial charge in [-0.2, -0.15) is 13.2 Å². The first-order chi connectivity index (χ1) is 8.79. The van der Waals surface area contributed by atoms with E-state index in [9.17, 15) is 18.0 Å². The Kier molecular flexibility index (Phi) is 5.35. The van der Waals surface area contributed by atoms with Crippen molar-refractivity contribution < 1.29 is 27.8 Å². The lowest BCUT2D eigenvalue weighted by atomic mass is 10.1. The van der Waals surface area contributed by atoms with Crippen molar-refractivity contribution in [2.24, 2.45) is 0 Å². The predicted molar refractivity (Wildman–Crippen MR) is 63.0 cm³/mol. The molecule has 0 fully saturated rings. The summed E-state index contributed by atoms with van der Waals surface area (Å²) >= 11 is 0. The number of carbonyl (C=O) groups is 1. The lowest BCUT2D eigenvalue weighted by Gasteiger charge is -2.15. The minimum atomic E-state index is -4.68. The van der Waals surface area contributed by atoms with Gasteiger partial charge in [-0.1, -0.05) is 12.1 Å². The van der Waals surface area contributed by atoms with E-state index < -0.39 is 18.9 Å². The molecule has 0 heterocycles. The number of ether oxygens (including phenoxy) is 1. The fourth-order valence-electron chi connectivity index (χ4n) is 1.34. The van der Waals surface area contributed by atoms with E-state index in [0.29, 0.717) is 12.8 Å². The monoisotopic (exact) mass is 276 g/mol. The van der Waals surface area contributed by atoms with Gasteiger partial charge in [-0.15, -0.1) is 0 Å². The maximum absolute atomic E-state index is 12.0. The van der Waals surface area contributed by atoms with E-state index in [4.69, 9.17) is 9.84 Å². The molecule has 0 saturated heterocycles. The molecule has 19 heavy (non-hydrogen) atoms. The third-order valence-electron chi connectivity index (χ3n) is 2.47. The second-order valence-electron chi connectivity index (χ2n) is 4.21. The van der Waals surface area contributed by atoms with Gasteiger partial charge >= 0.3 is 6.18 Å². The number of hydrogen-bond donors (Lipinski definition) is 1. The van der Waals surface area contributed by atoms with Crippen molar-refractivity contribution in [1.82, 2.24) is 0 Å². The van der Waals surface area contributed by atoms with Gasteiger partial charge in [0.05, 0.1) is 0 Å². The molecule has 0 aliphatic heterocycles. The maximum atomic E-state index is 12.0. The first-order valence-electron chi connectivity index (χ1n) is 5.75. The van der Waals surface area contributed by atoms with E-state index in [1.165, 1.54) is 19.1 Å². The van der Waals surface area contributed by atoms with E-state index in [1.54, 1.807) is 12.1 Å². The average molecular weight is 276 g/mol. The van der Waals surface area contributed by atoms with Gasteiger partial charge in [0.2, 0.25) is 0 Å². The van der Waals surface area contributed by atoms with Gasteiger partial charge in [0.1, 0.15) is 18.1 Å². The van der Waals surface area contributed by atoms with Crippen molar-refractivity contribution in [3.63, 3.8) is 0 Å². The molecule has 0 saturated carbocycles. The summed E-state index contributed by atoms with van der Waals surface area (Å²) in [4.78, 5) is 10.8. The number of alkyl halides is 3. The molecular formula is C13H15F3O3. The number of benzene rings is 1. The number of hydrogen-bond acceptors (Lipinski definition) is 3. The van der Waals surface area contributed by atoms with Crippen LogP contribution in [0.2, 0.25) is 0 Å². The number of aliphatic hydroxyl groups excluding tert-OH is 1. The zero-order valence-corrected chi connectivity index (χ0v) is 10.4. The summed E-state index contributed by atoms with van der Waals surface area (Å²) in [6, 6.07) is 6.38. The number of Topliss-reactive ketones (excluding diaryl/α,β-unsaturated/α-hetero) is 1. The fraction of sp³-hybridized carbons (Fsp3) is 0.462. The van der Waals surface area contributed by atoms with E-state index in [-0.39, 0.29) is 11.5 Å². The Hall–Kier alpha value is -1.56. The van der Waals surface area contributed by atoms with Crippen LogP contribution >= 0.6 is 0 Å². The van der Waals surface area contributed by atoms with Crippen LogP contribution in [0, 0.1) is 0 Å². The van der Waals surface area contributed by atoms with Crippen LogP contribution in [0.3, 0.4) is 0 Å².